The molecule has 1 N–H and O–H groups in total. The maximum Gasteiger partial charge on any atom is 0.120 e. The highest BCUT2D eigenvalue weighted by Gasteiger charge is 2.28. The lowest BCUT2D eigenvalue weighted by molar-refractivity contribution is 0.109. The van der Waals surface area contributed by atoms with E-state index in [0.29, 0.717) is 5.92 Å². The third-order valence-electron chi connectivity index (χ3n) is 3.75. The zero-order valence-electron chi connectivity index (χ0n) is 11.6. The number of benzene rings is 1. The first-order chi connectivity index (χ1) is 8.56. The van der Waals surface area contributed by atoms with E-state index in [1.807, 2.05) is 38.1 Å². The van der Waals surface area contributed by atoms with E-state index in [1.165, 1.54) is 6.42 Å². The molecule has 1 aromatic rings. The summed E-state index contributed by atoms with van der Waals surface area (Å²) >= 11 is 0. The van der Waals surface area contributed by atoms with Gasteiger partial charge in [-0.25, -0.2) is 0 Å². The number of aliphatic hydroxyl groups excluding tert-OH is 1. The quantitative estimate of drug-likeness (QED) is 0.874. The van der Waals surface area contributed by atoms with Gasteiger partial charge in [0.1, 0.15) is 5.75 Å². The van der Waals surface area contributed by atoms with Crippen molar-refractivity contribution in [2.45, 2.75) is 52.2 Å². The van der Waals surface area contributed by atoms with Gasteiger partial charge in [-0.05, 0) is 56.2 Å². The van der Waals surface area contributed by atoms with Gasteiger partial charge < -0.3 is 9.84 Å². The van der Waals surface area contributed by atoms with E-state index in [1.54, 1.807) is 0 Å². The van der Waals surface area contributed by atoms with Crippen LogP contribution >= 0.6 is 0 Å². The van der Waals surface area contributed by atoms with Gasteiger partial charge in [0.2, 0.25) is 0 Å². The zero-order chi connectivity index (χ0) is 13.1. The summed E-state index contributed by atoms with van der Waals surface area (Å²) in [5, 5.41) is 10.4. The summed E-state index contributed by atoms with van der Waals surface area (Å²) in [6.07, 6.45) is 3.34. The first-order valence-electron chi connectivity index (χ1n) is 7.01. The molecule has 1 aromatic carbocycles. The zero-order valence-corrected chi connectivity index (χ0v) is 11.6. The van der Waals surface area contributed by atoms with Crippen molar-refractivity contribution in [2.75, 3.05) is 0 Å². The predicted molar refractivity (Wildman–Crippen MR) is 73.7 cm³/mol. The van der Waals surface area contributed by atoms with Crippen LogP contribution in [0.25, 0.3) is 0 Å². The minimum Gasteiger partial charge on any atom is -0.491 e. The van der Waals surface area contributed by atoms with Crippen LogP contribution < -0.4 is 4.74 Å². The third-order valence-corrected chi connectivity index (χ3v) is 3.75. The van der Waals surface area contributed by atoms with Gasteiger partial charge in [-0.15, -0.1) is 0 Å². The molecule has 0 heterocycles. The molecule has 2 nitrogen and oxygen atoms in total. The Labute approximate surface area is 110 Å². The Morgan fingerprint density at radius 3 is 2.67 bits per heavy atom. The summed E-state index contributed by atoms with van der Waals surface area (Å²) < 4.78 is 5.68. The summed E-state index contributed by atoms with van der Waals surface area (Å²) in [6.45, 7) is 6.30. The molecule has 0 aromatic heterocycles. The van der Waals surface area contributed by atoms with Crippen molar-refractivity contribution in [1.29, 1.82) is 0 Å². The summed E-state index contributed by atoms with van der Waals surface area (Å²) in [6, 6.07) is 7.90. The molecule has 0 aliphatic heterocycles. The van der Waals surface area contributed by atoms with Crippen molar-refractivity contribution >= 4 is 0 Å². The first kappa shape index (κ1) is 13.4. The Balaban J connectivity index is 2.07. The smallest absolute Gasteiger partial charge is 0.120 e. The van der Waals surface area contributed by atoms with E-state index in [2.05, 4.69) is 6.92 Å². The lowest BCUT2D eigenvalue weighted by Gasteiger charge is -2.19. The summed E-state index contributed by atoms with van der Waals surface area (Å²) in [5.74, 6) is 2.02. The van der Waals surface area contributed by atoms with Gasteiger partial charge in [0.15, 0.2) is 0 Å². The second kappa shape index (κ2) is 5.75. The van der Waals surface area contributed by atoms with Crippen LogP contribution in [-0.4, -0.2) is 11.2 Å². The molecule has 0 amide bonds. The molecule has 3 unspecified atom stereocenters. The van der Waals surface area contributed by atoms with E-state index in [0.717, 1.165) is 30.1 Å². The SMILES string of the molecule is CC1CCC(C(O)c2cccc(OC(C)C)c2)C1. The molecule has 0 radical (unpaired) electrons. The van der Waals surface area contributed by atoms with E-state index in [9.17, 15) is 5.11 Å². The average Bonchev–Trinajstić information content (AvgIpc) is 2.74. The third kappa shape index (κ3) is 3.26. The summed E-state index contributed by atoms with van der Waals surface area (Å²) in [4.78, 5) is 0. The van der Waals surface area contributed by atoms with E-state index in [4.69, 9.17) is 4.74 Å². The molecule has 1 saturated carbocycles. The number of hydrogen-bond donors (Lipinski definition) is 1. The van der Waals surface area contributed by atoms with Crippen molar-refractivity contribution in [3.63, 3.8) is 0 Å². The van der Waals surface area contributed by atoms with Gasteiger partial charge in [0.05, 0.1) is 12.2 Å². The lowest BCUT2D eigenvalue weighted by Crippen LogP contribution is -2.10. The van der Waals surface area contributed by atoms with Crippen LogP contribution in [0.1, 0.15) is 51.7 Å². The van der Waals surface area contributed by atoms with Gasteiger partial charge in [0.25, 0.3) is 0 Å². The minimum atomic E-state index is -0.342. The van der Waals surface area contributed by atoms with Crippen LogP contribution in [0.4, 0.5) is 0 Å². The number of ether oxygens (including phenoxy) is 1. The second-order valence-electron chi connectivity index (χ2n) is 5.86. The van der Waals surface area contributed by atoms with E-state index in [-0.39, 0.29) is 12.2 Å². The molecule has 1 fully saturated rings. The van der Waals surface area contributed by atoms with Crippen molar-refractivity contribution < 1.29 is 9.84 Å². The minimum absolute atomic E-state index is 0.170. The molecule has 0 bridgehead atoms. The van der Waals surface area contributed by atoms with Crippen LogP contribution in [0.15, 0.2) is 24.3 Å². The highest BCUT2D eigenvalue weighted by atomic mass is 16.5. The highest BCUT2D eigenvalue weighted by Crippen LogP contribution is 2.39. The molecule has 0 saturated heterocycles. The van der Waals surface area contributed by atoms with Crippen LogP contribution in [0.2, 0.25) is 0 Å². The molecular weight excluding hydrogens is 224 g/mol. The van der Waals surface area contributed by atoms with Crippen molar-refractivity contribution in [2.24, 2.45) is 11.8 Å². The van der Waals surface area contributed by atoms with Crippen LogP contribution in [-0.2, 0) is 0 Å². The number of aliphatic hydroxyl groups is 1. The van der Waals surface area contributed by atoms with Gasteiger partial charge in [0, 0.05) is 0 Å². The Bertz CT molecular complexity index is 386. The number of hydrogen-bond acceptors (Lipinski definition) is 2. The molecule has 1 aliphatic carbocycles. The fourth-order valence-corrected chi connectivity index (χ4v) is 2.85. The van der Waals surface area contributed by atoms with E-state index >= 15 is 0 Å². The molecule has 18 heavy (non-hydrogen) atoms. The fourth-order valence-electron chi connectivity index (χ4n) is 2.85. The summed E-state index contributed by atoms with van der Waals surface area (Å²) in [7, 11) is 0. The maximum absolute atomic E-state index is 10.4. The highest BCUT2D eigenvalue weighted by molar-refractivity contribution is 5.30. The lowest BCUT2D eigenvalue weighted by atomic mass is 9.93. The molecule has 2 heteroatoms. The van der Waals surface area contributed by atoms with Gasteiger partial charge in [-0.1, -0.05) is 25.5 Å². The fraction of sp³-hybridized carbons (Fsp3) is 0.625. The number of rotatable bonds is 4. The molecule has 0 spiro atoms. The van der Waals surface area contributed by atoms with Crippen molar-refractivity contribution in [1.82, 2.24) is 0 Å². The Morgan fingerprint density at radius 2 is 2.06 bits per heavy atom. The average molecular weight is 248 g/mol. The Morgan fingerprint density at radius 1 is 1.28 bits per heavy atom. The van der Waals surface area contributed by atoms with Crippen LogP contribution in [0, 0.1) is 11.8 Å². The van der Waals surface area contributed by atoms with Crippen LogP contribution in [0.3, 0.4) is 0 Å². The Kier molecular flexibility index (Phi) is 4.28. The topological polar surface area (TPSA) is 29.5 Å². The molecule has 2 rings (SSSR count). The molecule has 3 atom stereocenters. The van der Waals surface area contributed by atoms with Gasteiger partial charge in [-0.3, -0.25) is 0 Å². The maximum atomic E-state index is 10.4. The Hall–Kier alpha value is -1.02. The molecule has 100 valence electrons. The van der Waals surface area contributed by atoms with Crippen molar-refractivity contribution in [3.8, 4) is 5.75 Å². The predicted octanol–water partition coefficient (Wildman–Crippen LogP) is 3.94. The van der Waals surface area contributed by atoms with Crippen LogP contribution in [0.5, 0.6) is 5.75 Å². The van der Waals surface area contributed by atoms with E-state index < -0.39 is 0 Å². The molecule has 1 aliphatic rings. The second-order valence-corrected chi connectivity index (χ2v) is 5.86. The van der Waals surface area contributed by atoms with Gasteiger partial charge in [-0.2, -0.15) is 0 Å². The summed E-state index contributed by atoms with van der Waals surface area (Å²) in [5.41, 5.74) is 0.993. The first-order valence-corrected chi connectivity index (χ1v) is 7.01. The standard InChI is InChI=1S/C16H24O2/c1-11(2)18-15-6-4-5-13(10-15)16(17)14-8-7-12(3)9-14/h4-6,10-12,14,16-17H,7-9H2,1-3H3. The monoisotopic (exact) mass is 248 g/mol. The largest absolute Gasteiger partial charge is 0.491 e. The normalized spacial score (nSPS) is 25.4. The van der Waals surface area contributed by atoms with Gasteiger partial charge >= 0.3 is 0 Å². The molecular formula is C16H24O2. The van der Waals surface area contributed by atoms with Crippen molar-refractivity contribution in [3.05, 3.63) is 29.8 Å².